The van der Waals surface area contributed by atoms with Gasteiger partial charge in [0.1, 0.15) is 0 Å². The summed E-state index contributed by atoms with van der Waals surface area (Å²) in [6.07, 6.45) is 0.0894. The predicted octanol–water partition coefficient (Wildman–Crippen LogP) is 2.69. The van der Waals surface area contributed by atoms with Crippen molar-refractivity contribution >= 4 is 21.9 Å². The normalized spacial score (nSPS) is 10.1. The monoisotopic (exact) mass is 242 g/mol. The number of halogens is 1. The van der Waals surface area contributed by atoms with Crippen LogP contribution >= 0.6 is 15.9 Å². The van der Waals surface area contributed by atoms with Crippen molar-refractivity contribution in [2.75, 3.05) is 0 Å². The highest BCUT2D eigenvalue weighted by Crippen LogP contribution is 2.20. The average Bonchev–Trinajstić information content (AvgIpc) is 1.98. The minimum atomic E-state index is -0.791. The van der Waals surface area contributed by atoms with Crippen molar-refractivity contribution in [2.24, 2.45) is 0 Å². The molecule has 0 radical (unpaired) electrons. The minimum Gasteiger partial charge on any atom is -0.481 e. The van der Waals surface area contributed by atoms with Gasteiger partial charge in [0.25, 0.3) is 0 Å². The molecule has 0 aliphatic heterocycles. The highest BCUT2D eigenvalue weighted by Gasteiger charge is 2.06. The number of carboxylic acid groups (broad SMARTS) is 1. The molecule has 0 aliphatic carbocycles. The molecule has 0 saturated heterocycles. The fraction of sp³-hybridized carbons (Fsp3) is 0.300. The molecule has 0 spiro atoms. The van der Waals surface area contributed by atoms with Gasteiger partial charge in [0.05, 0.1) is 6.42 Å². The van der Waals surface area contributed by atoms with Crippen molar-refractivity contribution in [3.05, 3.63) is 33.3 Å². The summed E-state index contributed by atoms with van der Waals surface area (Å²) in [5, 5.41) is 8.66. The SMILES string of the molecule is Cc1cc(Br)cc(CC(=O)O)c1C. The quantitative estimate of drug-likeness (QED) is 0.866. The molecule has 0 saturated carbocycles. The van der Waals surface area contributed by atoms with Crippen LogP contribution in [-0.4, -0.2) is 11.1 Å². The number of benzene rings is 1. The first-order valence-electron chi connectivity index (χ1n) is 3.98. The van der Waals surface area contributed by atoms with E-state index >= 15 is 0 Å². The summed E-state index contributed by atoms with van der Waals surface area (Å²) in [4.78, 5) is 10.5. The fourth-order valence-corrected chi connectivity index (χ4v) is 1.85. The van der Waals surface area contributed by atoms with Gasteiger partial charge >= 0.3 is 5.97 Å². The average molecular weight is 243 g/mol. The number of aliphatic carboxylic acids is 1. The molecule has 1 rings (SSSR count). The molecule has 1 aromatic carbocycles. The highest BCUT2D eigenvalue weighted by atomic mass is 79.9. The van der Waals surface area contributed by atoms with E-state index in [0.717, 1.165) is 21.2 Å². The first-order chi connectivity index (χ1) is 6.00. The lowest BCUT2D eigenvalue weighted by Crippen LogP contribution is -2.03. The molecule has 1 N–H and O–H groups in total. The summed E-state index contributed by atoms with van der Waals surface area (Å²) < 4.78 is 0.937. The van der Waals surface area contributed by atoms with E-state index in [0.29, 0.717) is 0 Å². The molecule has 0 amide bonds. The van der Waals surface area contributed by atoms with Gasteiger partial charge in [-0.2, -0.15) is 0 Å². The molecular formula is C10H11BrO2. The molecule has 0 fully saturated rings. The maximum Gasteiger partial charge on any atom is 0.307 e. The molecule has 0 unspecified atom stereocenters. The van der Waals surface area contributed by atoms with E-state index in [-0.39, 0.29) is 6.42 Å². The molecule has 70 valence electrons. The Morgan fingerprint density at radius 3 is 2.62 bits per heavy atom. The Morgan fingerprint density at radius 1 is 1.46 bits per heavy atom. The fourth-order valence-electron chi connectivity index (χ4n) is 1.23. The lowest BCUT2D eigenvalue weighted by atomic mass is 10.0. The Kier molecular flexibility index (Phi) is 3.09. The van der Waals surface area contributed by atoms with Crippen LogP contribution in [0.2, 0.25) is 0 Å². The van der Waals surface area contributed by atoms with E-state index in [1.165, 1.54) is 0 Å². The summed E-state index contributed by atoms with van der Waals surface area (Å²) >= 11 is 3.34. The van der Waals surface area contributed by atoms with Gasteiger partial charge in [0.2, 0.25) is 0 Å². The van der Waals surface area contributed by atoms with E-state index in [1.54, 1.807) is 0 Å². The third-order valence-corrected chi connectivity index (χ3v) is 2.54. The van der Waals surface area contributed by atoms with Crippen LogP contribution < -0.4 is 0 Å². The lowest BCUT2D eigenvalue weighted by molar-refractivity contribution is -0.136. The smallest absolute Gasteiger partial charge is 0.307 e. The largest absolute Gasteiger partial charge is 0.481 e. The van der Waals surface area contributed by atoms with Crippen molar-refractivity contribution in [1.29, 1.82) is 0 Å². The zero-order valence-corrected chi connectivity index (χ0v) is 9.18. The molecule has 3 heteroatoms. The van der Waals surface area contributed by atoms with Crippen LogP contribution in [-0.2, 0) is 11.2 Å². The van der Waals surface area contributed by atoms with Gasteiger partial charge in [-0.05, 0) is 42.7 Å². The number of rotatable bonds is 2. The second kappa shape index (κ2) is 3.92. The Balaban J connectivity index is 3.12. The van der Waals surface area contributed by atoms with Crippen LogP contribution in [0.3, 0.4) is 0 Å². The number of carbonyl (C=O) groups is 1. The molecule has 0 heterocycles. The number of hydrogen-bond donors (Lipinski definition) is 1. The first-order valence-corrected chi connectivity index (χ1v) is 4.77. The van der Waals surface area contributed by atoms with Gasteiger partial charge in [-0.25, -0.2) is 0 Å². The summed E-state index contributed by atoms with van der Waals surface area (Å²) in [5.41, 5.74) is 3.05. The maximum absolute atomic E-state index is 10.5. The van der Waals surface area contributed by atoms with Crippen LogP contribution in [0.15, 0.2) is 16.6 Å². The second-order valence-electron chi connectivity index (χ2n) is 3.08. The Morgan fingerprint density at radius 2 is 2.08 bits per heavy atom. The summed E-state index contributed by atoms with van der Waals surface area (Å²) in [6, 6.07) is 3.84. The maximum atomic E-state index is 10.5. The topological polar surface area (TPSA) is 37.3 Å². The van der Waals surface area contributed by atoms with E-state index < -0.39 is 5.97 Å². The van der Waals surface area contributed by atoms with Gasteiger partial charge in [0.15, 0.2) is 0 Å². The molecule has 0 atom stereocenters. The zero-order chi connectivity index (χ0) is 10.0. The lowest BCUT2D eigenvalue weighted by Gasteiger charge is -2.07. The molecular weight excluding hydrogens is 232 g/mol. The van der Waals surface area contributed by atoms with Gasteiger partial charge in [-0.15, -0.1) is 0 Å². The predicted molar refractivity (Wildman–Crippen MR) is 55.0 cm³/mol. The van der Waals surface area contributed by atoms with E-state index in [9.17, 15) is 4.79 Å². The number of carboxylic acids is 1. The van der Waals surface area contributed by atoms with Crippen molar-refractivity contribution in [1.82, 2.24) is 0 Å². The van der Waals surface area contributed by atoms with Crippen LogP contribution in [0.25, 0.3) is 0 Å². The Labute approximate surface area is 85.7 Å². The zero-order valence-electron chi connectivity index (χ0n) is 7.60. The van der Waals surface area contributed by atoms with Crippen LogP contribution in [0.4, 0.5) is 0 Å². The van der Waals surface area contributed by atoms with Crippen LogP contribution in [0, 0.1) is 13.8 Å². The summed E-state index contributed by atoms with van der Waals surface area (Å²) in [5.74, 6) is -0.791. The number of hydrogen-bond acceptors (Lipinski definition) is 1. The Hall–Kier alpha value is -0.830. The standard InChI is InChI=1S/C10H11BrO2/c1-6-3-9(11)4-8(7(6)2)5-10(12)13/h3-4H,5H2,1-2H3,(H,12,13). The second-order valence-corrected chi connectivity index (χ2v) is 3.99. The highest BCUT2D eigenvalue weighted by molar-refractivity contribution is 9.10. The van der Waals surface area contributed by atoms with E-state index in [2.05, 4.69) is 15.9 Å². The Bertz CT molecular complexity index is 345. The first kappa shape index (κ1) is 10.3. The van der Waals surface area contributed by atoms with Crippen molar-refractivity contribution < 1.29 is 9.90 Å². The van der Waals surface area contributed by atoms with Gasteiger partial charge in [-0.3, -0.25) is 4.79 Å². The van der Waals surface area contributed by atoms with Crippen LogP contribution in [0.1, 0.15) is 16.7 Å². The van der Waals surface area contributed by atoms with Crippen molar-refractivity contribution in [2.45, 2.75) is 20.3 Å². The van der Waals surface area contributed by atoms with E-state index in [4.69, 9.17) is 5.11 Å². The number of aryl methyl sites for hydroxylation is 1. The molecule has 2 nitrogen and oxygen atoms in total. The van der Waals surface area contributed by atoms with Gasteiger partial charge < -0.3 is 5.11 Å². The van der Waals surface area contributed by atoms with Gasteiger partial charge in [0, 0.05) is 4.47 Å². The molecule has 1 aromatic rings. The third kappa shape index (κ3) is 2.56. The molecule has 13 heavy (non-hydrogen) atoms. The summed E-state index contributed by atoms with van der Waals surface area (Å²) in [7, 11) is 0. The van der Waals surface area contributed by atoms with Gasteiger partial charge in [-0.1, -0.05) is 15.9 Å². The molecule has 0 aliphatic rings. The third-order valence-electron chi connectivity index (χ3n) is 2.08. The molecule has 0 bridgehead atoms. The van der Waals surface area contributed by atoms with Crippen LogP contribution in [0.5, 0.6) is 0 Å². The summed E-state index contributed by atoms with van der Waals surface area (Å²) in [6.45, 7) is 3.92. The molecule has 0 aromatic heterocycles. The van der Waals surface area contributed by atoms with E-state index in [1.807, 2.05) is 26.0 Å². The van der Waals surface area contributed by atoms with Crippen molar-refractivity contribution in [3.63, 3.8) is 0 Å². The van der Waals surface area contributed by atoms with Crippen molar-refractivity contribution in [3.8, 4) is 0 Å². The minimum absolute atomic E-state index is 0.0894.